The second kappa shape index (κ2) is 5.50. The third-order valence-corrected chi connectivity index (χ3v) is 3.92. The number of benzene rings is 2. The highest BCUT2D eigenvalue weighted by Crippen LogP contribution is 2.29. The fraction of sp³-hybridized carbons (Fsp3) is 0.143. The Hall–Kier alpha value is -2.08. The first kappa shape index (κ1) is 14.3. The van der Waals surface area contributed by atoms with Crippen molar-refractivity contribution in [1.29, 1.82) is 0 Å². The molecule has 2 N–H and O–H groups in total. The molecule has 0 radical (unpaired) electrons. The van der Waals surface area contributed by atoms with Gasteiger partial charge in [0.15, 0.2) is 9.84 Å². The molecule has 2 aromatic carbocycles. The summed E-state index contributed by atoms with van der Waals surface area (Å²) in [5, 5.41) is 0. The van der Waals surface area contributed by atoms with E-state index in [2.05, 4.69) is 0 Å². The van der Waals surface area contributed by atoms with Crippen molar-refractivity contribution in [1.82, 2.24) is 0 Å². The Morgan fingerprint density at radius 1 is 1.15 bits per heavy atom. The summed E-state index contributed by atoms with van der Waals surface area (Å²) in [6.07, 6.45) is 1.07. The van der Waals surface area contributed by atoms with Crippen LogP contribution in [0.2, 0.25) is 0 Å². The molecule has 0 aliphatic heterocycles. The van der Waals surface area contributed by atoms with Crippen LogP contribution >= 0.6 is 0 Å². The van der Waals surface area contributed by atoms with Crippen LogP contribution in [0.15, 0.2) is 47.4 Å². The first-order chi connectivity index (χ1) is 9.39. The minimum Gasteiger partial charge on any atom is -0.487 e. The molecule has 0 fully saturated rings. The maximum absolute atomic E-state index is 13.5. The highest BCUT2D eigenvalue weighted by Gasteiger charge is 2.15. The van der Waals surface area contributed by atoms with Crippen LogP contribution in [0, 0.1) is 5.82 Å². The number of ether oxygens (including phenoxy) is 1. The number of nitrogen functional groups attached to an aromatic ring is 1. The molecule has 0 atom stereocenters. The number of sulfone groups is 1. The van der Waals surface area contributed by atoms with Crippen molar-refractivity contribution in [2.24, 2.45) is 0 Å². The lowest BCUT2D eigenvalue weighted by Gasteiger charge is -2.11. The quantitative estimate of drug-likeness (QED) is 0.879. The molecule has 0 aromatic heterocycles. The third-order valence-electron chi connectivity index (χ3n) is 2.77. The van der Waals surface area contributed by atoms with Gasteiger partial charge in [-0.2, -0.15) is 0 Å². The molecule has 0 aliphatic rings. The molecule has 0 heterocycles. The molecule has 0 saturated heterocycles. The highest BCUT2D eigenvalue weighted by atomic mass is 32.2. The van der Waals surface area contributed by atoms with Gasteiger partial charge >= 0.3 is 0 Å². The number of para-hydroxylation sites is 1. The van der Waals surface area contributed by atoms with Crippen molar-refractivity contribution >= 4 is 15.5 Å². The summed E-state index contributed by atoms with van der Waals surface area (Å²) in [6, 6.07) is 10.7. The molecular formula is C14H14FNO3S. The van der Waals surface area contributed by atoms with E-state index < -0.39 is 9.84 Å². The fourth-order valence-corrected chi connectivity index (χ4v) is 2.57. The Kier molecular flexibility index (Phi) is 3.94. The molecule has 4 nitrogen and oxygen atoms in total. The monoisotopic (exact) mass is 295 g/mol. The van der Waals surface area contributed by atoms with Crippen LogP contribution in [0.5, 0.6) is 5.75 Å². The van der Waals surface area contributed by atoms with Gasteiger partial charge in [0.05, 0.1) is 10.6 Å². The largest absolute Gasteiger partial charge is 0.487 e. The number of anilines is 1. The zero-order valence-corrected chi connectivity index (χ0v) is 11.7. The van der Waals surface area contributed by atoms with Crippen molar-refractivity contribution in [3.8, 4) is 5.75 Å². The van der Waals surface area contributed by atoms with Crippen molar-refractivity contribution in [2.75, 3.05) is 12.0 Å². The SMILES string of the molecule is CS(=O)(=O)c1cccc(OCc2ccccc2F)c1N. The van der Waals surface area contributed by atoms with E-state index in [1.165, 1.54) is 18.2 Å². The fourth-order valence-electron chi connectivity index (χ4n) is 1.74. The number of halogens is 1. The molecule has 2 rings (SSSR count). The maximum atomic E-state index is 13.5. The van der Waals surface area contributed by atoms with Gasteiger partial charge in [-0.1, -0.05) is 24.3 Å². The lowest BCUT2D eigenvalue weighted by Crippen LogP contribution is -2.06. The summed E-state index contributed by atoms with van der Waals surface area (Å²) < 4.78 is 41.9. The summed E-state index contributed by atoms with van der Waals surface area (Å²) in [5.74, 6) is -0.165. The van der Waals surface area contributed by atoms with Gasteiger partial charge in [0.1, 0.15) is 18.2 Å². The van der Waals surface area contributed by atoms with Crippen LogP contribution in [0.1, 0.15) is 5.56 Å². The van der Waals surface area contributed by atoms with Gasteiger partial charge in [-0.15, -0.1) is 0 Å². The van der Waals surface area contributed by atoms with Crippen LogP contribution in [0.4, 0.5) is 10.1 Å². The Bertz CT molecular complexity index is 729. The van der Waals surface area contributed by atoms with E-state index in [4.69, 9.17) is 10.5 Å². The van der Waals surface area contributed by atoms with E-state index in [0.29, 0.717) is 5.56 Å². The average molecular weight is 295 g/mol. The summed E-state index contributed by atoms with van der Waals surface area (Å²) in [7, 11) is -3.43. The molecule has 0 bridgehead atoms. The summed E-state index contributed by atoms with van der Waals surface area (Å²) in [6.45, 7) is -0.0237. The van der Waals surface area contributed by atoms with Crippen molar-refractivity contribution in [3.63, 3.8) is 0 Å². The van der Waals surface area contributed by atoms with E-state index in [1.54, 1.807) is 24.3 Å². The van der Waals surface area contributed by atoms with Crippen LogP contribution < -0.4 is 10.5 Å². The number of rotatable bonds is 4. The first-order valence-corrected chi connectivity index (χ1v) is 7.73. The Morgan fingerprint density at radius 3 is 2.50 bits per heavy atom. The van der Waals surface area contributed by atoms with Crippen LogP contribution in [0.3, 0.4) is 0 Å². The van der Waals surface area contributed by atoms with Crippen LogP contribution in [-0.4, -0.2) is 14.7 Å². The van der Waals surface area contributed by atoms with Gasteiger partial charge in [0, 0.05) is 11.8 Å². The Labute approximate surface area is 116 Å². The molecule has 106 valence electrons. The van der Waals surface area contributed by atoms with Gasteiger partial charge in [-0.3, -0.25) is 0 Å². The summed E-state index contributed by atoms with van der Waals surface area (Å²) >= 11 is 0. The second-order valence-corrected chi connectivity index (χ2v) is 6.30. The maximum Gasteiger partial charge on any atom is 0.177 e. The topological polar surface area (TPSA) is 69.4 Å². The van der Waals surface area contributed by atoms with Gasteiger partial charge in [-0.05, 0) is 18.2 Å². The summed E-state index contributed by atoms with van der Waals surface area (Å²) in [4.78, 5) is 0.00327. The standard InChI is InChI=1S/C14H14FNO3S/c1-20(17,18)13-8-4-7-12(14(13)16)19-9-10-5-2-3-6-11(10)15/h2-8H,9,16H2,1H3. The molecule has 0 amide bonds. The van der Waals surface area contributed by atoms with E-state index in [0.717, 1.165) is 6.26 Å². The predicted octanol–water partition coefficient (Wildman–Crippen LogP) is 2.39. The number of hydrogen-bond acceptors (Lipinski definition) is 4. The van der Waals surface area contributed by atoms with E-state index in [-0.39, 0.29) is 28.8 Å². The molecule has 0 saturated carbocycles. The highest BCUT2D eigenvalue weighted by molar-refractivity contribution is 7.90. The zero-order chi connectivity index (χ0) is 14.8. The van der Waals surface area contributed by atoms with Gasteiger partial charge in [-0.25, -0.2) is 12.8 Å². The molecule has 0 aliphatic carbocycles. The molecular weight excluding hydrogens is 281 g/mol. The van der Waals surface area contributed by atoms with Crippen molar-refractivity contribution in [3.05, 3.63) is 53.8 Å². The second-order valence-electron chi connectivity index (χ2n) is 4.32. The smallest absolute Gasteiger partial charge is 0.177 e. The van der Waals surface area contributed by atoms with Crippen molar-refractivity contribution < 1.29 is 17.5 Å². The first-order valence-electron chi connectivity index (χ1n) is 5.84. The number of nitrogens with two attached hydrogens (primary N) is 1. The predicted molar refractivity (Wildman–Crippen MR) is 74.7 cm³/mol. The molecule has 6 heteroatoms. The van der Waals surface area contributed by atoms with E-state index >= 15 is 0 Å². The minimum absolute atomic E-state index is 0.00327. The normalized spacial score (nSPS) is 11.3. The average Bonchev–Trinajstić information content (AvgIpc) is 2.38. The number of hydrogen-bond donors (Lipinski definition) is 1. The minimum atomic E-state index is -3.43. The lowest BCUT2D eigenvalue weighted by atomic mass is 10.2. The Balaban J connectivity index is 2.25. The van der Waals surface area contributed by atoms with E-state index in [1.807, 2.05) is 0 Å². The van der Waals surface area contributed by atoms with Gasteiger partial charge in [0.2, 0.25) is 0 Å². The molecule has 20 heavy (non-hydrogen) atoms. The van der Waals surface area contributed by atoms with Crippen LogP contribution in [0.25, 0.3) is 0 Å². The Morgan fingerprint density at radius 2 is 1.85 bits per heavy atom. The lowest BCUT2D eigenvalue weighted by molar-refractivity contribution is 0.301. The molecule has 0 spiro atoms. The van der Waals surface area contributed by atoms with Crippen molar-refractivity contribution in [2.45, 2.75) is 11.5 Å². The van der Waals surface area contributed by atoms with Gasteiger partial charge in [0.25, 0.3) is 0 Å². The van der Waals surface area contributed by atoms with Gasteiger partial charge < -0.3 is 10.5 Å². The molecule has 2 aromatic rings. The molecule has 0 unspecified atom stereocenters. The zero-order valence-electron chi connectivity index (χ0n) is 10.8. The van der Waals surface area contributed by atoms with Crippen LogP contribution in [-0.2, 0) is 16.4 Å². The third kappa shape index (κ3) is 3.08. The summed E-state index contributed by atoms with van der Waals surface area (Å²) in [5.41, 5.74) is 6.18. The van der Waals surface area contributed by atoms with E-state index in [9.17, 15) is 12.8 Å².